The van der Waals surface area contributed by atoms with Crippen LogP contribution in [0.15, 0.2) is 24.3 Å². The highest BCUT2D eigenvalue weighted by Gasteiger charge is 2.16. The lowest BCUT2D eigenvalue weighted by Crippen LogP contribution is -2.43. The summed E-state index contributed by atoms with van der Waals surface area (Å²) in [5, 5.41) is 7.16. The Labute approximate surface area is 116 Å². The lowest BCUT2D eigenvalue weighted by molar-refractivity contribution is 0.0731. The van der Waals surface area contributed by atoms with Crippen LogP contribution in [0.25, 0.3) is 0 Å². The van der Waals surface area contributed by atoms with Gasteiger partial charge in [0.2, 0.25) is 0 Å². The van der Waals surface area contributed by atoms with E-state index in [9.17, 15) is 0 Å². The Morgan fingerprint density at radius 1 is 1.42 bits per heavy atom. The fraction of sp³-hybridized carbons (Fsp3) is 0.625. The number of nitrogens with one attached hydrogen (secondary N) is 2. The first-order valence-electron chi connectivity index (χ1n) is 7.45. The predicted molar refractivity (Wildman–Crippen MR) is 80.7 cm³/mol. The summed E-state index contributed by atoms with van der Waals surface area (Å²) in [4.78, 5) is 0. The molecule has 1 saturated heterocycles. The Bertz CT molecular complexity index is 375. The van der Waals surface area contributed by atoms with Gasteiger partial charge in [-0.15, -0.1) is 0 Å². The van der Waals surface area contributed by atoms with Gasteiger partial charge in [0.1, 0.15) is 0 Å². The molecular formula is C16H26N2O. The van der Waals surface area contributed by atoms with E-state index in [1.165, 1.54) is 17.7 Å². The highest BCUT2D eigenvalue weighted by atomic mass is 16.5. The summed E-state index contributed by atoms with van der Waals surface area (Å²) in [6.07, 6.45) is 3.42. The zero-order chi connectivity index (χ0) is 13.5. The molecule has 1 aliphatic heterocycles. The van der Waals surface area contributed by atoms with Gasteiger partial charge in [-0.3, -0.25) is 0 Å². The first kappa shape index (κ1) is 14.4. The van der Waals surface area contributed by atoms with E-state index in [-0.39, 0.29) is 0 Å². The topological polar surface area (TPSA) is 33.3 Å². The maximum atomic E-state index is 5.51. The average molecular weight is 262 g/mol. The second-order valence-corrected chi connectivity index (χ2v) is 5.41. The van der Waals surface area contributed by atoms with E-state index in [2.05, 4.69) is 48.7 Å². The van der Waals surface area contributed by atoms with Crippen LogP contribution in [0.1, 0.15) is 32.3 Å². The third kappa shape index (κ3) is 4.51. The van der Waals surface area contributed by atoms with Gasteiger partial charge >= 0.3 is 0 Å². The van der Waals surface area contributed by atoms with Crippen molar-refractivity contribution in [2.24, 2.45) is 0 Å². The number of morpholine rings is 1. The van der Waals surface area contributed by atoms with Crippen molar-refractivity contribution >= 4 is 5.69 Å². The van der Waals surface area contributed by atoms with Crippen molar-refractivity contribution in [1.82, 2.24) is 5.32 Å². The molecule has 2 atom stereocenters. The first-order chi connectivity index (χ1) is 9.29. The van der Waals surface area contributed by atoms with Crippen molar-refractivity contribution in [3.05, 3.63) is 29.8 Å². The van der Waals surface area contributed by atoms with Crippen LogP contribution < -0.4 is 10.6 Å². The molecule has 1 heterocycles. The molecule has 0 aromatic heterocycles. The molecule has 0 saturated carbocycles. The van der Waals surface area contributed by atoms with Crippen molar-refractivity contribution in [2.45, 2.75) is 45.2 Å². The maximum Gasteiger partial charge on any atom is 0.0621 e. The van der Waals surface area contributed by atoms with Gasteiger partial charge in [0, 0.05) is 24.3 Å². The molecule has 1 aromatic rings. The van der Waals surface area contributed by atoms with Gasteiger partial charge in [-0.25, -0.2) is 0 Å². The molecular weight excluding hydrogens is 236 g/mol. The Morgan fingerprint density at radius 3 is 3.00 bits per heavy atom. The minimum atomic E-state index is 0.456. The van der Waals surface area contributed by atoms with Gasteiger partial charge in [0.15, 0.2) is 0 Å². The molecule has 0 radical (unpaired) electrons. The molecule has 1 fully saturated rings. The fourth-order valence-corrected chi connectivity index (χ4v) is 2.67. The summed E-state index contributed by atoms with van der Waals surface area (Å²) in [5.74, 6) is 0. The molecule has 2 unspecified atom stereocenters. The quantitative estimate of drug-likeness (QED) is 0.827. The van der Waals surface area contributed by atoms with Crippen LogP contribution in [0.4, 0.5) is 5.69 Å². The number of anilines is 1. The summed E-state index contributed by atoms with van der Waals surface area (Å²) in [6.45, 7) is 7.13. The van der Waals surface area contributed by atoms with Gasteiger partial charge in [0.25, 0.3) is 0 Å². The number of ether oxygens (including phenoxy) is 1. The average Bonchev–Trinajstić information content (AvgIpc) is 2.42. The number of rotatable bonds is 6. The number of benzene rings is 1. The summed E-state index contributed by atoms with van der Waals surface area (Å²) in [5.41, 5.74) is 2.71. The summed E-state index contributed by atoms with van der Waals surface area (Å²) in [7, 11) is 0. The Balaban J connectivity index is 1.88. The summed E-state index contributed by atoms with van der Waals surface area (Å²) in [6, 6.07) is 9.58. The minimum Gasteiger partial charge on any atom is -0.382 e. The summed E-state index contributed by atoms with van der Waals surface area (Å²) < 4.78 is 5.51. The van der Waals surface area contributed by atoms with Crippen molar-refractivity contribution < 1.29 is 4.74 Å². The van der Waals surface area contributed by atoms with E-state index >= 15 is 0 Å². The second kappa shape index (κ2) is 7.51. The maximum absolute atomic E-state index is 5.51. The number of hydrogen-bond donors (Lipinski definition) is 2. The Hall–Kier alpha value is -1.06. The van der Waals surface area contributed by atoms with Crippen molar-refractivity contribution in [1.29, 1.82) is 0 Å². The zero-order valence-corrected chi connectivity index (χ0v) is 12.1. The smallest absolute Gasteiger partial charge is 0.0621 e. The SMILES string of the molecule is CCCc1ccccc1NC(C)CC1COCCN1. The van der Waals surface area contributed by atoms with Crippen LogP contribution in [-0.4, -0.2) is 31.8 Å². The molecule has 3 nitrogen and oxygen atoms in total. The van der Waals surface area contributed by atoms with Crippen molar-refractivity contribution in [3.8, 4) is 0 Å². The molecule has 3 heteroatoms. The predicted octanol–water partition coefficient (Wildman–Crippen LogP) is 2.82. The van der Waals surface area contributed by atoms with E-state index < -0.39 is 0 Å². The summed E-state index contributed by atoms with van der Waals surface area (Å²) >= 11 is 0. The standard InChI is InChI=1S/C16H26N2O/c1-3-6-14-7-4-5-8-16(14)18-13(2)11-15-12-19-10-9-17-15/h4-5,7-8,13,15,17-18H,3,6,9-12H2,1-2H3. The molecule has 2 N–H and O–H groups in total. The third-order valence-electron chi connectivity index (χ3n) is 3.58. The van der Waals surface area contributed by atoms with Crippen LogP contribution in [0.3, 0.4) is 0 Å². The van der Waals surface area contributed by atoms with E-state index in [1.807, 2.05) is 0 Å². The second-order valence-electron chi connectivity index (χ2n) is 5.41. The van der Waals surface area contributed by atoms with Crippen LogP contribution in [0, 0.1) is 0 Å². The number of para-hydroxylation sites is 1. The first-order valence-corrected chi connectivity index (χ1v) is 7.45. The highest BCUT2D eigenvalue weighted by molar-refractivity contribution is 5.51. The Morgan fingerprint density at radius 2 is 2.26 bits per heavy atom. The largest absolute Gasteiger partial charge is 0.382 e. The van der Waals surface area contributed by atoms with Crippen LogP contribution in [0.2, 0.25) is 0 Å². The van der Waals surface area contributed by atoms with E-state index in [4.69, 9.17) is 4.74 Å². The van der Waals surface area contributed by atoms with E-state index in [1.54, 1.807) is 0 Å². The molecule has 1 aliphatic rings. The third-order valence-corrected chi connectivity index (χ3v) is 3.58. The number of aryl methyl sites for hydroxylation is 1. The van der Waals surface area contributed by atoms with Crippen LogP contribution >= 0.6 is 0 Å². The van der Waals surface area contributed by atoms with Gasteiger partial charge in [-0.1, -0.05) is 31.5 Å². The van der Waals surface area contributed by atoms with E-state index in [0.29, 0.717) is 12.1 Å². The zero-order valence-electron chi connectivity index (χ0n) is 12.1. The fourth-order valence-electron chi connectivity index (χ4n) is 2.67. The molecule has 0 amide bonds. The molecule has 0 spiro atoms. The molecule has 0 aliphatic carbocycles. The van der Waals surface area contributed by atoms with Gasteiger partial charge in [-0.05, 0) is 31.4 Å². The lowest BCUT2D eigenvalue weighted by atomic mass is 10.0. The normalized spacial score (nSPS) is 21.1. The molecule has 0 bridgehead atoms. The van der Waals surface area contributed by atoms with Crippen molar-refractivity contribution in [2.75, 3.05) is 25.1 Å². The Kier molecular flexibility index (Phi) is 5.67. The lowest BCUT2D eigenvalue weighted by Gasteiger charge is -2.27. The van der Waals surface area contributed by atoms with Gasteiger partial charge < -0.3 is 15.4 Å². The molecule has 19 heavy (non-hydrogen) atoms. The highest BCUT2D eigenvalue weighted by Crippen LogP contribution is 2.19. The molecule has 1 aromatic carbocycles. The van der Waals surface area contributed by atoms with Crippen LogP contribution in [0.5, 0.6) is 0 Å². The van der Waals surface area contributed by atoms with Crippen LogP contribution in [-0.2, 0) is 11.2 Å². The molecule has 2 rings (SSSR count). The van der Waals surface area contributed by atoms with Gasteiger partial charge in [-0.2, -0.15) is 0 Å². The minimum absolute atomic E-state index is 0.456. The monoisotopic (exact) mass is 262 g/mol. The van der Waals surface area contributed by atoms with Crippen molar-refractivity contribution in [3.63, 3.8) is 0 Å². The number of hydrogen-bond acceptors (Lipinski definition) is 3. The molecule has 106 valence electrons. The van der Waals surface area contributed by atoms with E-state index in [0.717, 1.165) is 32.6 Å². The van der Waals surface area contributed by atoms with Gasteiger partial charge in [0.05, 0.1) is 13.2 Å².